The average Bonchev–Trinajstić information content (AvgIpc) is 3.23. The van der Waals surface area contributed by atoms with Gasteiger partial charge in [-0.25, -0.2) is 0 Å². The van der Waals surface area contributed by atoms with E-state index in [9.17, 15) is 4.79 Å². The molecule has 2 aromatic heterocycles. The average molecular weight is 495 g/mol. The van der Waals surface area contributed by atoms with Gasteiger partial charge in [0.05, 0.1) is 12.4 Å². The minimum Gasteiger partial charge on any atom is -0.494 e. The molecule has 0 N–H and O–H groups in total. The number of aromatic nitrogens is 4. The van der Waals surface area contributed by atoms with Crippen LogP contribution in [0.2, 0.25) is 0 Å². The summed E-state index contributed by atoms with van der Waals surface area (Å²) in [6.07, 6.45) is 3.46. The number of benzene rings is 2. The number of Topliss-reactive ketones (excluding diaryl/α,β-unsaturated/α-hetero) is 1. The highest BCUT2D eigenvalue weighted by atomic mass is 79.9. The number of thioether (sulfide) groups is 1. The van der Waals surface area contributed by atoms with Crippen LogP contribution in [0.15, 0.2) is 82.7 Å². The first-order chi connectivity index (χ1) is 15.2. The summed E-state index contributed by atoms with van der Waals surface area (Å²) in [6.45, 7) is 2.55. The number of ether oxygens (including phenoxy) is 1. The van der Waals surface area contributed by atoms with Crippen molar-refractivity contribution >= 4 is 33.5 Å². The van der Waals surface area contributed by atoms with Crippen molar-refractivity contribution in [3.05, 3.63) is 83.1 Å². The number of hydrogen-bond donors (Lipinski definition) is 0. The number of ketones is 1. The van der Waals surface area contributed by atoms with Crippen molar-refractivity contribution in [1.82, 2.24) is 19.7 Å². The van der Waals surface area contributed by atoms with Crippen molar-refractivity contribution in [3.8, 4) is 22.8 Å². The van der Waals surface area contributed by atoms with Crippen LogP contribution in [-0.2, 0) is 0 Å². The molecule has 0 aliphatic rings. The highest BCUT2D eigenvalue weighted by Gasteiger charge is 2.18. The molecule has 2 aromatic carbocycles. The van der Waals surface area contributed by atoms with Crippen LogP contribution in [0.5, 0.6) is 5.75 Å². The molecule has 6 nitrogen and oxygen atoms in total. The van der Waals surface area contributed by atoms with Gasteiger partial charge in [0.15, 0.2) is 16.8 Å². The van der Waals surface area contributed by atoms with E-state index in [4.69, 9.17) is 4.74 Å². The Labute approximate surface area is 192 Å². The molecule has 4 aromatic rings. The standard InChI is InChI=1S/C23H19BrN4O2S/c1-2-30-18-11-9-17(10-12-18)28-22(16-6-5-13-25-14-16)26-27-23(28)31-15-21(29)19-7-3-4-8-20(19)24/h3-14H,2,15H2,1H3. The topological polar surface area (TPSA) is 69.9 Å². The van der Waals surface area contributed by atoms with Crippen molar-refractivity contribution < 1.29 is 9.53 Å². The molecule has 156 valence electrons. The van der Waals surface area contributed by atoms with Crippen LogP contribution in [0.4, 0.5) is 0 Å². The number of carbonyl (C=O) groups excluding carboxylic acids is 1. The van der Waals surface area contributed by atoms with Crippen LogP contribution >= 0.6 is 27.7 Å². The lowest BCUT2D eigenvalue weighted by molar-refractivity contribution is 0.102. The molecule has 0 saturated heterocycles. The molecule has 0 saturated carbocycles. The molecule has 0 aliphatic heterocycles. The van der Waals surface area contributed by atoms with E-state index in [2.05, 4.69) is 31.1 Å². The zero-order chi connectivity index (χ0) is 21.6. The molecule has 0 fully saturated rings. The smallest absolute Gasteiger partial charge is 0.196 e. The number of hydrogen-bond acceptors (Lipinski definition) is 6. The summed E-state index contributed by atoms with van der Waals surface area (Å²) in [6, 6.07) is 18.9. The molecule has 0 unspecified atom stereocenters. The lowest BCUT2D eigenvalue weighted by Gasteiger charge is -2.11. The first-order valence-electron chi connectivity index (χ1n) is 9.67. The largest absolute Gasteiger partial charge is 0.494 e. The third kappa shape index (κ3) is 4.86. The fraction of sp³-hybridized carbons (Fsp3) is 0.130. The van der Waals surface area contributed by atoms with Crippen LogP contribution in [0.3, 0.4) is 0 Å². The zero-order valence-corrected chi connectivity index (χ0v) is 19.1. The van der Waals surface area contributed by atoms with Crippen molar-refractivity contribution in [3.63, 3.8) is 0 Å². The second-order valence-electron chi connectivity index (χ2n) is 6.50. The predicted octanol–water partition coefficient (Wildman–Crippen LogP) is 5.47. The van der Waals surface area contributed by atoms with Crippen LogP contribution in [0.1, 0.15) is 17.3 Å². The maximum absolute atomic E-state index is 12.7. The third-order valence-electron chi connectivity index (χ3n) is 4.47. The van der Waals surface area contributed by atoms with Gasteiger partial charge in [-0.1, -0.05) is 45.9 Å². The number of rotatable bonds is 8. The fourth-order valence-electron chi connectivity index (χ4n) is 3.03. The van der Waals surface area contributed by atoms with E-state index >= 15 is 0 Å². The molecule has 4 rings (SSSR count). The molecule has 0 amide bonds. The number of halogens is 1. The maximum atomic E-state index is 12.7. The highest BCUT2D eigenvalue weighted by Crippen LogP contribution is 2.29. The molecule has 2 heterocycles. The summed E-state index contributed by atoms with van der Waals surface area (Å²) in [7, 11) is 0. The molecular formula is C23H19BrN4O2S. The quantitative estimate of drug-likeness (QED) is 0.239. The molecule has 0 bridgehead atoms. The van der Waals surface area contributed by atoms with Gasteiger partial charge in [-0.3, -0.25) is 14.3 Å². The third-order valence-corrected chi connectivity index (χ3v) is 6.09. The van der Waals surface area contributed by atoms with E-state index in [1.54, 1.807) is 12.4 Å². The van der Waals surface area contributed by atoms with Crippen LogP contribution < -0.4 is 4.74 Å². The van der Waals surface area contributed by atoms with Gasteiger partial charge < -0.3 is 4.74 Å². The van der Waals surface area contributed by atoms with Gasteiger partial charge >= 0.3 is 0 Å². The molecular weight excluding hydrogens is 476 g/mol. The number of carbonyl (C=O) groups is 1. The van der Waals surface area contributed by atoms with E-state index < -0.39 is 0 Å². The Balaban J connectivity index is 1.67. The molecule has 31 heavy (non-hydrogen) atoms. The second kappa shape index (κ2) is 9.89. The Morgan fingerprint density at radius 1 is 1.06 bits per heavy atom. The molecule has 0 aliphatic carbocycles. The molecule has 8 heteroatoms. The lowest BCUT2D eigenvalue weighted by atomic mass is 10.1. The maximum Gasteiger partial charge on any atom is 0.196 e. The minimum atomic E-state index is 0.0154. The lowest BCUT2D eigenvalue weighted by Crippen LogP contribution is -2.05. The normalized spacial score (nSPS) is 10.8. The number of pyridine rings is 1. The van der Waals surface area contributed by atoms with Gasteiger partial charge in [-0.05, 0) is 49.4 Å². The van der Waals surface area contributed by atoms with E-state index in [1.807, 2.05) is 72.2 Å². The summed E-state index contributed by atoms with van der Waals surface area (Å²) in [5.41, 5.74) is 2.37. The fourth-order valence-corrected chi connectivity index (χ4v) is 4.37. The first-order valence-corrected chi connectivity index (χ1v) is 11.4. The molecule has 0 spiro atoms. The Kier molecular flexibility index (Phi) is 6.79. The molecule has 0 atom stereocenters. The van der Waals surface area contributed by atoms with Crippen LogP contribution in [0.25, 0.3) is 17.1 Å². The monoisotopic (exact) mass is 494 g/mol. The molecule has 0 radical (unpaired) electrons. The minimum absolute atomic E-state index is 0.0154. The van der Waals surface area contributed by atoms with E-state index in [0.717, 1.165) is 21.5 Å². The Morgan fingerprint density at radius 3 is 2.58 bits per heavy atom. The van der Waals surface area contributed by atoms with Gasteiger partial charge in [-0.15, -0.1) is 10.2 Å². The van der Waals surface area contributed by atoms with Crippen LogP contribution in [0, 0.1) is 0 Å². The summed E-state index contributed by atoms with van der Waals surface area (Å²) < 4.78 is 8.27. The van der Waals surface area contributed by atoms with Crippen molar-refractivity contribution in [1.29, 1.82) is 0 Å². The number of nitrogens with zero attached hydrogens (tertiary/aromatic N) is 4. The van der Waals surface area contributed by atoms with Gasteiger partial charge in [0, 0.05) is 33.7 Å². The summed E-state index contributed by atoms with van der Waals surface area (Å²) in [4.78, 5) is 16.9. The Hall–Kier alpha value is -2.97. The summed E-state index contributed by atoms with van der Waals surface area (Å²) in [5, 5.41) is 9.39. The van der Waals surface area contributed by atoms with Gasteiger partial charge in [0.1, 0.15) is 5.75 Å². The van der Waals surface area contributed by atoms with Crippen LogP contribution in [-0.4, -0.2) is 37.9 Å². The summed E-state index contributed by atoms with van der Waals surface area (Å²) >= 11 is 4.80. The highest BCUT2D eigenvalue weighted by molar-refractivity contribution is 9.10. The summed E-state index contributed by atoms with van der Waals surface area (Å²) in [5.74, 6) is 1.71. The Bertz CT molecular complexity index is 1180. The van der Waals surface area contributed by atoms with Gasteiger partial charge in [0.25, 0.3) is 0 Å². The Morgan fingerprint density at radius 2 is 1.87 bits per heavy atom. The predicted molar refractivity (Wildman–Crippen MR) is 125 cm³/mol. The van der Waals surface area contributed by atoms with Gasteiger partial charge in [-0.2, -0.15) is 0 Å². The SMILES string of the molecule is CCOc1ccc(-n2c(SCC(=O)c3ccccc3Br)nnc2-c2cccnc2)cc1. The van der Waals surface area contributed by atoms with E-state index in [-0.39, 0.29) is 11.5 Å². The van der Waals surface area contributed by atoms with E-state index in [0.29, 0.717) is 23.2 Å². The second-order valence-corrected chi connectivity index (χ2v) is 8.30. The first kappa shape index (κ1) is 21.3. The van der Waals surface area contributed by atoms with Crippen molar-refractivity contribution in [2.45, 2.75) is 12.1 Å². The zero-order valence-electron chi connectivity index (χ0n) is 16.7. The van der Waals surface area contributed by atoms with Gasteiger partial charge in [0.2, 0.25) is 0 Å². The van der Waals surface area contributed by atoms with Crippen molar-refractivity contribution in [2.24, 2.45) is 0 Å². The van der Waals surface area contributed by atoms with Crippen molar-refractivity contribution in [2.75, 3.05) is 12.4 Å². The van der Waals surface area contributed by atoms with E-state index in [1.165, 1.54) is 11.8 Å².